The number of carbonyl (C=O) groups is 1. The molecule has 1 heterocycles. The monoisotopic (exact) mass is 287 g/mol. The van der Waals surface area contributed by atoms with Crippen LogP contribution in [0, 0.1) is 17.0 Å². The molecule has 1 aromatic carbocycles. The summed E-state index contributed by atoms with van der Waals surface area (Å²) in [6, 6.07) is 7.61. The fourth-order valence-electron chi connectivity index (χ4n) is 1.73. The summed E-state index contributed by atoms with van der Waals surface area (Å²) in [5, 5.41) is 23.8. The molecule has 0 aliphatic carbocycles. The lowest BCUT2D eigenvalue weighted by atomic mass is 10.1. The maximum Gasteiger partial charge on any atom is 0.276 e. The van der Waals surface area contributed by atoms with E-state index in [1.165, 1.54) is 18.2 Å². The van der Waals surface area contributed by atoms with Gasteiger partial charge in [-0.1, -0.05) is 6.07 Å². The Hall–Kier alpha value is -3.03. The summed E-state index contributed by atoms with van der Waals surface area (Å²) < 4.78 is 0. The SMILES string of the molecule is CNc1ccc(C(=O)Nc2cccc([N+](=O)[O-])c2C)nn1. The summed E-state index contributed by atoms with van der Waals surface area (Å²) in [4.78, 5) is 22.4. The van der Waals surface area contributed by atoms with Crippen molar-refractivity contribution in [2.75, 3.05) is 17.7 Å². The molecule has 8 nitrogen and oxygen atoms in total. The number of benzene rings is 1. The van der Waals surface area contributed by atoms with Gasteiger partial charge in [-0.3, -0.25) is 14.9 Å². The first kappa shape index (κ1) is 14.4. The van der Waals surface area contributed by atoms with Crippen molar-refractivity contribution in [1.82, 2.24) is 10.2 Å². The minimum atomic E-state index is -0.494. The van der Waals surface area contributed by atoms with Gasteiger partial charge in [-0.05, 0) is 25.1 Å². The molecule has 2 N–H and O–H groups in total. The number of hydrogen-bond donors (Lipinski definition) is 2. The fourth-order valence-corrected chi connectivity index (χ4v) is 1.73. The number of amides is 1. The van der Waals surface area contributed by atoms with E-state index in [1.807, 2.05) is 0 Å². The zero-order valence-electron chi connectivity index (χ0n) is 11.5. The van der Waals surface area contributed by atoms with Crippen LogP contribution in [0.15, 0.2) is 30.3 Å². The first-order valence-electron chi connectivity index (χ1n) is 6.09. The topological polar surface area (TPSA) is 110 Å². The van der Waals surface area contributed by atoms with Crippen molar-refractivity contribution in [3.8, 4) is 0 Å². The molecule has 2 rings (SSSR count). The highest BCUT2D eigenvalue weighted by atomic mass is 16.6. The second kappa shape index (κ2) is 5.95. The molecule has 0 unspecified atom stereocenters. The van der Waals surface area contributed by atoms with E-state index in [-0.39, 0.29) is 11.4 Å². The Bertz CT molecular complexity index is 685. The molecule has 0 aliphatic rings. The molecule has 0 aliphatic heterocycles. The van der Waals surface area contributed by atoms with Crippen molar-refractivity contribution in [2.45, 2.75) is 6.92 Å². The molecule has 0 atom stereocenters. The Morgan fingerprint density at radius 1 is 1.24 bits per heavy atom. The third-order valence-corrected chi connectivity index (χ3v) is 2.90. The molecule has 0 spiro atoms. The Kier molecular flexibility index (Phi) is 4.07. The highest BCUT2D eigenvalue weighted by molar-refractivity contribution is 6.03. The largest absolute Gasteiger partial charge is 0.372 e. The van der Waals surface area contributed by atoms with Gasteiger partial charge < -0.3 is 10.6 Å². The average Bonchev–Trinajstić information content (AvgIpc) is 2.49. The maximum absolute atomic E-state index is 12.0. The van der Waals surface area contributed by atoms with Crippen LogP contribution in [-0.2, 0) is 0 Å². The van der Waals surface area contributed by atoms with Gasteiger partial charge in [0, 0.05) is 13.1 Å². The third kappa shape index (κ3) is 3.11. The van der Waals surface area contributed by atoms with Gasteiger partial charge in [0.2, 0.25) is 0 Å². The van der Waals surface area contributed by atoms with Crippen LogP contribution in [-0.4, -0.2) is 28.1 Å². The number of aromatic nitrogens is 2. The van der Waals surface area contributed by atoms with Gasteiger partial charge in [-0.15, -0.1) is 10.2 Å². The average molecular weight is 287 g/mol. The van der Waals surface area contributed by atoms with Crippen LogP contribution in [0.3, 0.4) is 0 Å². The summed E-state index contributed by atoms with van der Waals surface area (Å²) in [5.74, 6) is 0.0619. The van der Waals surface area contributed by atoms with Crippen molar-refractivity contribution in [3.63, 3.8) is 0 Å². The number of carbonyl (C=O) groups excluding carboxylic acids is 1. The van der Waals surface area contributed by atoms with Crippen LogP contribution in [0.25, 0.3) is 0 Å². The lowest BCUT2D eigenvalue weighted by molar-refractivity contribution is -0.385. The van der Waals surface area contributed by atoms with Crippen LogP contribution >= 0.6 is 0 Å². The van der Waals surface area contributed by atoms with E-state index < -0.39 is 10.8 Å². The van der Waals surface area contributed by atoms with E-state index in [1.54, 1.807) is 26.1 Å². The Morgan fingerprint density at radius 2 is 2.00 bits per heavy atom. The number of nitrogens with one attached hydrogen (secondary N) is 2. The lowest BCUT2D eigenvalue weighted by Gasteiger charge is -2.08. The molecule has 1 aromatic heterocycles. The number of anilines is 2. The van der Waals surface area contributed by atoms with Crippen molar-refractivity contribution in [2.24, 2.45) is 0 Å². The van der Waals surface area contributed by atoms with E-state index in [9.17, 15) is 14.9 Å². The summed E-state index contributed by atoms with van der Waals surface area (Å²) in [7, 11) is 1.69. The van der Waals surface area contributed by atoms with E-state index >= 15 is 0 Å². The van der Waals surface area contributed by atoms with Gasteiger partial charge in [0.25, 0.3) is 11.6 Å². The molecular weight excluding hydrogens is 274 g/mol. The molecule has 0 radical (unpaired) electrons. The summed E-state index contributed by atoms with van der Waals surface area (Å²) in [5.41, 5.74) is 0.827. The van der Waals surface area contributed by atoms with E-state index in [2.05, 4.69) is 20.8 Å². The van der Waals surface area contributed by atoms with Gasteiger partial charge in [0.05, 0.1) is 16.2 Å². The molecule has 21 heavy (non-hydrogen) atoms. The summed E-state index contributed by atoms with van der Waals surface area (Å²) in [6.07, 6.45) is 0. The predicted molar refractivity (Wildman–Crippen MR) is 77.4 cm³/mol. The predicted octanol–water partition coefficient (Wildman–Crippen LogP) is 1.99. The third-order valence-electron chi connectivity index (χ3n) is 2.90. The van der Waals surface area contributed by atoms with Crippen LogP contribution in [0.5, 0.6) is 0 Å². The second-order valence-electron chi connectivity index (χ2n) is 4.21. The molecule has 0 saturated carbocycles. The molecule has 0 bridgehead atoms. The zero-order valence-corrected chi connectivity index (χ0v) is 11.5. The number of nitrogens with zero attached hydrogens (tertiary/aromatic N) is 3. The van der Waals surface area contributed by atoms with Gasteiger partial charge in [-0.25, -0.2) is 0 Å². The van der Waals surface area contributed by atoms with Crippen LogP contribution < -0.4 is 10.6 Å². The molecule has 2 aromatic rings. The van der Waals surface area contributed by atoms with E-state index in [0.717, 1.165) is 0 Å². The highest BCUT2D eigenvalue weighted by Crippen LogP contribution is 2.25. The molecule has 8 heteroatoms. The van der Waals surface area contributed by atoms with Gasteiger partial charge >= 0.3 is 0 Å². The van der Waals surface area contributed by atoms with Crippen molar-refractivity contribution in [3.05, 3.63) is 51.7 Å². The van der Waals surface area contributed by atoms with Crippen molar-refractivity contribution >= 4 is 23.1 Å². The zero-order chi connectivity index (χ0) is 15.4. The quantitative estimate of drug-likeness (QED) is 0.657. The summed E-state index contributed by atoms with van der Waals surface area (Å²) in [6.45, 7) is 1.57. The summed E-state index contributed by atoms with van der Waals surface area (Å²) >= 11 is 0. The fraction of sp³-hybridized carbons (Fsp3) is 0.154. The van der Waals surface area contributed by atoms with Gasteiger partial charge in [0.1, 0.15) is 5.82 Å². The Labute approximate surface area is 120 Å². The number of rotatable bonds is 4. The molecular formula is C13H13N5O3. The smallest absolute Gasteiger partial charge is 0.276 e. The normalized spacial score (nSPS) is 10.0. The maximum atomic E-state index is 12.0. The first-order chi connectivity index (χ1) is 10.0. The van der Waals surface area contributed by atoms with E-state index in [4.69, 9.17) is 0 Å². The Balaban J connectivity index is 2.23. The molecule has 0 saturated heterocycles. The van der Waals surface area contributed by atoms with Crippen LogP contribution in [0.4, 0.5) is 17.2 Å². The van der Waals surface area contributed by atoms with E-state index in [0.29, 0.717) is 17.1 Å². The molecule has 1 amide bonds. The second-order valence-corrected chi connectivity index (χ2v) is 4.21. The number of nitro groups is 1. The van der Waals surface area contributed by atoms with Crippen LogP contribution in [0.1, 0.15) is 16.1 Å². The Morgan fingerprint density at radius 3 is 2.57 bits per heavy atom. The number of hydrogen-bond acceptors (Lipinski definition) is 6. The highest BCUT2D eigenvalue weighted by Gasteiger charge is 2.16. The van der Waals surface area contributed by atoms with Gasteiger partial charge in [0.15, 0.2) is 5.69 Å². The first-order valence-corrected chi connectivity index (χ1v) is 6.09. The standard InChI is InChI=1S/C13H13N5O3/c1-8-9(4-3-5-11(8)18(20)21)15-13(19)10-6-7-12(14-2)17-16-10/h3-7H,1-2H3,(H,14,17)(H,15,19). The van der Waals surface area contributed by atoms with Gasteiger partial charge in [-0.2, -0.15) is 0 Å². The minimum absolute atomic E-state index is 0.0515. The minimum Gasteiger partial charge on any atom is -0.372 e. The lowest BCUT2D eigenvalue weighted by Crippen LogP contribution is -2.15. The molecule has 0 fully saturated rings. The van der Waals surface area contributed by atoms with Crippen molar-refractivity contribution in [1.29, 1.82) is 0 Å². The number of nitro benzene ring substituents is 1. The van der Waals surface area contributed by atoms with Crippen LogP contribution in [0.2, 0.25) is 0 Å². The van der Waals surface area contributed by atoms with Crippen molar-refractivity contribution < 1.29 is 9.72 Å². The molecule has 108 valence electrons.